The summed E-state index contributed by atoms with van der Waals surface area (Å²) >= 11 is 0. The van der Waals surface area contributed by atoms with Crippen LogP contribution in [0.3, 0.4) is 0 Å². The number of hydrogen-bond donors (Lipinski definition) is 2. The van der Waals surface area contributed by atoms with Crippen LogP contribution < -0.4 is 11.3 Å². The molecule has 2 rings (SSSR count). The number of aryl methyl sites for hydroxylation is 1. The fraction of sp³-hybridized carbons (Fsp3) is 0.643. The van der Waals surface area contributed by atoms with Crippen LogP contribution in [-0.4, -0.2) is 24.2 Å². The Morgan fingerprint density at radius 2 is 2.44 bits per heavy atom. The Labute approximate surface area is 109 Å². The van der Waals surface area contributed by atoms with Crippen molar-refractivity contribution in [2.24, 2.45) is 11.8 Å². The second-order valence-electron chi connectivity index (χ2n) is 5.04. The van der Waals surface area contributed by atoms with Gasteiger partial charge in [-0.2, -0.15) is 0 Å². The third kappa shape index (κ3) is 3.77. The first-order valence-electron chi connectivity index (χ1n) is 6.79. The maximum Gasteiger partial charge on any atom is 0.0495 e. The molecule has 4 nitrogen and oxygen atoms in total. The Morgan fingerprint density at radius 1 is 1.56 bits per heavy atom. The van der Waals surface area contributed by atoms with E-state index in [0.29, 0.717) is 5.92 Å². The average molecular weight is 249 g/mol. The van der Waals surface area contributed by atoms with E-state index >= 15 is 0 Å². The average Bonchev–Trinajstić information content (AvgIpc) is 2.91. The van der Waals surface area contributed by atoms with Gasteiger partial charge in [0.25, 0.3) is 0 Å². The quantitative estimate of drug-likeness (QED) is 0.591. The van der Waals surface area contributed by atoms with Crippen LogP contribution >= 0.6 is 0 Å². The number of hydrogen-bond acceptors (Lipinski definition) is 4. The molecule has 0 saturated carbocycles. The zero-order valence-electron chi connectivity index (χ0n) is 11.1. The van der Waals surface area contributed by atoms with E-state index in [1.807, 2.05) is 6.20 Å². The largest absolute Gasteiger partial charge is 0.381 e. The first-order valence-corrected chi connectivity index (χ1v) is 6.79. The highest BCUT2D eigenvalue weighted by Gasteiger charge is 2.20. The van der Waals surface area contributed by atoms with Crippen LogP contribution in [0.4, 0.5) is 0 Å². The number of ether oxygens (including phenoxy) is 1. The molecule has 2 unspecified atom stereocenters. The summed E-state index contributed by atoms with van der Waals surface area (Å²) < 4.78 is 5.40. The SMILES string of the molecule is CCc1ccc(CC(CC2CCOC2)NN)nc1. The molecule has 4 heteroatoms. The summed E-state index contributed by atoms with van der Waals surface area (Å²) in [7, 11) is 0. The number of nitrogens with zero attached hydrogens (tertiary/aromatic N) is 1. The van der Waals surface area contributed by atoms with Gasteiger partial charge < -0.3 is 4.74 Å². The molecule has 1 aromatic rings. The third-order valence-electron chi connectivity index (χ3n) is 3.63. The fourth-order valence-electron chi connectivity index (χ4n) is 2.42. The topological polar surface area (TPSA) is 60.2 Å². The van der Waals surface area contributed by atoms with Gasteiger partial charge in [0.05, 0.1) is 0 Å². The molecule has 1 saturated heterocycles. The normalized spacial score (nSPS) is 21.1. The zero-order chi connectivity index (χ0) is 12.8. The van der Waals surface area contributed by atoms with Crippen molar-refractivity contribution >= 4 is 0 Å². The minimum absolute atomic E-state index is 0.289. The maximum absolute atomic E-state index is 5.64. The lowest BCUT2D eigenvalue weighted by Gasteiger charge is -2.18. The zero-order valence-corrected chi connectivity index (χ0v) is 11.1. The molecule has 3 N–H and O–H groups in total. The molecule has 0 amide bonds. The summed E-state index contributed by atoms with van der Waals surface area (Å²) in [5.74, 6) is 6.28. The summed E-state index contributed by atoms with van der Waals surface area (Å²) in [6.45, 7) is 3.91. The van der Waals surface area contributed by atoms with Crippen LogP contribution in [0.15, 0.2) is 18.3 Å². The van der Waals surface area contributed by atoms with Crippen molar-refractivity contribution in [2.45, 2.75) is 38.6 Å². The van der Waals surface area contributed by atoms with Gasteiger partial charge in [-0.15, -0.1) is 0 Å². The number of hydrazine groups is 1. The van der Waals surface area contributed by atoms with Crippen molar-refractivity contribution in [2.75, 3.05) is 13.2 Å². The van der Waals surface area contributed by atoms with E-state index in [1.165, 1.54) is 5.56 Å². The van der Waals surface area contributed by atoms with E-state index in [-0.39, 0.29) is 6.04 Å². The molecule has 1 aromatic heterocycles. The number of nitrogens with two attached hydrogens (primary N) is 1. The third-order valence-corrected chi connectivity index (χ3v) is 3.63. The predicted octanol–water partition coefficient (Wildman–Crippen LogP) is 1.44. The first-order chi connectivity index (χ1) is 8.81. The molecular formula is C14H23N3O. The van der Waals surface area contributed by atoms with Crippen LogP contribution in [-0.2, 0) is 17.6 Å². The highest BCUT2D eigenvalue weighted by atomic mass is 16.5. The maximum atomic E-state index is 5.64. The van der Waals surface area contributed by atoms with Crippen molar-refractivity contribution in [3.8, 4) is 0 Å². The minimum atomic E-state index is 0.289. The van der Waals surface area contributed by atoms with Gasteiger partial charge in [-0.1, -0.05) is 13.0 Å². The van der Waals surface area contributed by atoms with Crippen molar-refractivity contribution in [1.82, 2.24) is 10.4 Å². The van der Waals surface area contributed by atoms with E-state index in [0.717, 1.165) is 44.6 Å². The highest BCUT2D eigenvalue weighted by molar-refractivity contribution is 5.14. The molecule has 0 aromatic carbocycles. The molecule has 18 heavy (non-hydrogen) atoms. The number of nitrogens with one attached hydrogen (secondary N) is 1. The second kappa shape index (κ2) is 6.83. The highest BCUT2D eigenvalue weighted by Crippen LogP contribution is 2.19. The van der Waals surface area contributed by atoms with Crippen molar-refractivity contribution < 1.29 is 4.74 Å². The second-order valence-corrected chi connectivity index (χ2v) is 5.04. The van der Waals surface area contributed by atoms with Crippen LogP contribution in [0.25, 0.3) is 0 Å². The molecule has 0 radical (unpaired) electrons. The standard InChI is InChI=1S/C14H23N3O/c1-2-11-3-4-13(16-9-11)8-14(17-15)7-12-5-6-18-10-12/h3-4,9,12,14,17H,2,5-8,10,15H2,1H3. The fourth-order valence-corrected chi connectivity index (χ4v) is 2.42. The van der Waals surface area contributed by atoms with E-state index in [2.05, 4.69) is 29.5 Å². The summed E-state index contributed by atoms with van der Waals surface area (Å²) in [6.07, 6.45) is 6.10. The number of pyridine rings is 1. The van der Waals surface area contributed by atoms with Gasteiger partial charge in [-0.3, -0.25) is 16.3 Å². The Bertz CT molecular complexity index is 347. The van der Waals surface area contributed by atoms with Crippen molar-refractivity contribution in [1.29, 1.82) is 0 Å². The van der Waals surface area contributed by atoms with E-state index < -0.39 is 0 Å². The molecule has 2 heterocycles. The van der Waals surface area contributed by atoms with E-state index in [4.69, 9.17) is 10.6 Å². The smallest absolute Gasteiger partial charge is 0.0495 e. The molecule has 100 valence electrons. The van der Waals surface area contributed by atoms with Gasteiger partial charge >= 0.3 is 0 Å². The number of rotatable bonds is 6. The van der Waals surface area contributed by atoms with Gasteiger partial charge in [-0.25, -0.2) is 0 Å². The van der Waals surface area contributed by atoms with Crippen molar-refractivity contribution in [3.63, 3.8) is 0 Å². The summed E-state index contributed by atoms with van der Waals surface area (Å²) in [5, 5.41) is 0. The Hall–Kier alpha value is -0.970. The van der Waals surface area contributed by atoms with Gasteiger partial charge in [-0.05, 0) is 36.8 Å². The van der Waals surface area contributed by atoms with E-state index in [9.17, 15) is 0 Å². The lowest BCUT2D eigenvalue weighted by atomic mass is 9.96. The van der Waals surface area contributed by atoms with Crippen LogP contribution in [0.1, 0.15) is 31.0 Å². The van der Waals surface area contributed by atoms with E-state index in [1.54, 1.807) is 0 Å². The summed E-state index contributed by atoms with van der Waals surface area (Å²) in [4.78, 5) is 4.49. The Kier molecular flexibility index (Phi) is 5.11. The molecule has 0 aliphatic carbocycles. The Morgan fingerprint density at radius 3 is 3.00 bits per heavy atom. The lowest BCUT2D eigenvalue weighted by molar-refractivity contribution is 0.181. The molecular weight excluding hydrogens is 226 g/mol. The van der Waals surface area contributed by atoms with Crippen LogP contribution in [0, 0.1) is 5.92 Å². The number of aromatic nitrogens is 1. The summed E-state index contributed by atoms with van der Waals surface area (Å²) in [5.41, 5.74) is 5.29. The monoisotopic (exact) mass is 249 g/mol. The van der Waals surface area contributed by atoms with Crippen LogP contribution in [0.2, 0.25) is 0 Å². The minimum Gasteiger partial charge on any atom is -0.381 e. The van der Waals surface area contributed by atoms with Gasteiger partial charge in [0, 0.05) is 37.6 Å². The molecule has 2 atom stereocenters. The first kappa shape index (κ1) is 13.5. The van der Waals surface area contributed by atoms with Crippen molar-refractivity contribution in [3.05, 3.63) is 29.6 Å². The predicted molar refractivity (Wildman–Crippen MR) is 72.0 cm³/mol. The van der Waals surface area contributed by atoms with Gasteiger partial charge in [0.15, 0.2) is 0 Å². The molecule has 1 fully saturated rings. The molecule has 1 aliphatic rings. The van der Waals surface area contributed by atoms with Crippen LogP contribution in [0.5, 0.6) is 0 Å². The van der Waals surface area contributed by atoms with Gasteiger partial charge in [0.2, 0.25) is 0 Å². The molecule has 0 spiro atoms. The molecule has 1 aliphatic heterocycles. The summed E-state index contributed by atoms with van der Waals surface area (Å²) in [6, 6.07) is 4.54. The van der Waals surface area contributed by atoms with Gasteiger partial charge in [0.1, 0.15) is 0 Å². The Balaban J connectivity index is 1.87. The molecule has 0 bridgehead atoms. The lowest BCUT2D eigenvalue weighted by Crippen LogP contribution is -2.38.